The van der Waals surface area contributed by atoms with Crippen LogP contribution in [0.25, 0.3) is 0 Å². The Labute approximate surface area is 176 Å². The van der Waals surface area contributed by atoms with Crippen LogP contribution in [0, 0.1) is 5.82 Å². The van der Waals surface area contributed by atoms with Gasteiger partial charge in [-0.3, -0.25) is 0 Å². The minimum absolute atomic E-state index is 0.0358. The molecule has 2 heterocycles. The molecule has 5 rings (SSSR count). The van der Waals surface area contributed by atoms with Crippen LogP contribution in [0.5, 0.6) is 11.5 Å². The fraction of sp³-hybridized carbons (Fsp3) is 0.174. The molecule has 0 bridgehead atoms. The van der Waals surface area contributed by atoms with E-state index in [2.05, 4.69) is 22.0 Å². The Morgan fingerprint density at radius 2 is 1.86 bits per heavy atom. The van der Waals surface area contributed by atoms with E-state index in [4.69, 9.17) is 14.6 Å². The van der Waals surface area contributed by atoms with E-state index in [1.165, 1.54) is 12.1 Å². The number of methoxy groups -OCH3 is 1. The molecule has 0 aromatic heterocycles. The molecule has 146 valence electrons. The van der Waals surface area contributed by atoms with Gasteiger partial charge in [-0.25, -0.2) is 9.40 Å². The van der Waals surface area contributed by atoms with E-state index < -0.39 is 6.23 Å². The summed E-state index contributed by atoms with van der Waals surface area (Å²) in [5.74, 6) is 1.33. The number of para-hydroxylation sites is 1. The predicted octanol–water partition coefficient (Wildman–Crippen LogP) is 5.84. The highest BCUT2D eigenvalue weighted by Crippen LogP contribution is 2.49. The standard InChI is InChI=1S/C23H18BrFN2O2/c1-28-21-11-8-15(24)12-18(21)23-27-20(17-4-2-3-5-22(17)29-23)13-19(26-27)14-6-9-16(25)10-7-14/h2-12,20,23H,13H2,1H3. The average molecular weight is 453 g/mol. The van der Waals surface area contributed by atoms with E-state index >= 15 is 0 Å². The van der Waals surface area contributed by atoms with Crippen LogP contribution in [0.4, 0.5) is 4.39 Å². The van der Waals surface area contributed by atoms with Crippen molar-refractivity contribution in [3.8, 4) is 11.5 Å². The Morgan fingerprint density at radius 1 is 1.07 bits per heavy atom. The lowest BCUT2D eigenvalue weighted by Crippen LogP contribution is -2.33. The number of ether oxygens (including phenoxy) is 2. The van der Waals surface area contributed by atoms with E-state index in [0.29, 0.717) is 0 Å². The zero-order chi connectivity index (χ0) is 20.0. The van der Waals surface area contributed by atoms with E-state index in [1.807, 2.05) is 41.4 Å². The number of rotatable bonds is 3. The molecule has 29 heavy (non-hydrogen) atoms. The van der Waals surface area contributed by atoms with Gasteiger partial charge in [-0.1, -0.05) is 46.3 Å². The summed E-state index contributed by atoms with van der Waals surface area (Å²) < 4.78 is 26.3. The molecule has 4 nitrogen and oxygen atoms in total. The number of halogens is 2. The normalized spacial score (nSPS) is 19.8. The minimum Gasteiger partial charge on any atom is -0.496 e. The van der Waals surface area contributed by atoms with Gasteiger partial charge in [0.1, 0.15) is 17.3 Å². The van der Waals surface area contributed by atoms with Gasteiger partial charge in [0.2, 0.25) is 6.23 Å². The first-order valence-corrected chi connectivity index (χ1v) is 10.1. The monoisotopic (exact) mass is 452 g/mol. The van der Waals surface area contributed by atoms with Crippen molar-refractivity contribution >= 4 is 21.6 Å². The largest absolute Gasteiger partial charge is 0.496 e. The molecule has 2 aliphatic rings. The van der Waals surface area contributed by atoms with Crippen molar-refractivity contribution in [3.05, 3.63) is 93.7 Å². The van der Waals surface area contributed by atoms with E-state index in [-0.39, 0.29) is 11.9 Å². The van der Waals surface area contributed by atoms with Gasteiger partial charge in [-0.05, 0) is 42.0 Å². The Balaban J connectivity index is 1.62. The van der Waals surface area contributed by atoms with Gasteiger partial charge in [0.05, 0.1) is 24.4 Å². The van der Waals surface area contributed by atoms with Crippen LogP contribution in [0.3, 0.4) is 0 Å². The average Bonchev–Trinajstić information content (AvgIpc) is 3.19. The molecule has 0 radical (unpaired) electrons. The maximum absolute atomic E-state index is 13.4. The third-order valence-electron chi connectivity index (χ3n) is 5.33. The molecule has 2 aliphatic heterocycles. The van der Waals surface area contributed by atoms with Crippen molar-refractivity contribution in [2.45, 2.75) is 18.7 Å². The molecule has 3 aromatic rings. The fourth-order valence-electron chi connectivity index (χ4n) is 3.95. The van der Waals surface area contributed by atoms with E-state index in [9.17, 15) is 4.39 Å². The second-order valence-electron chi connectivity index (χ2n) is 7.05. The van der Waals surface area contributed by atoms with Gasteiger partial charge >= 0.3 is 0 Å². The summed E-state index contributed by atoms with van der Waals surface area (Å²) >= 11 is 3.55. The highest BCUT2D eigenvalue weighted by Gasteiger charge is 2.41. The Hall–Kier alpha value is -2.86. The quantitative estimate of drug-likeness (QED) is 0.500. The molecule has 0 fully saturated rings. The van der Waals surface area contributed by atoms with Crippen LogP contribution >= 0.6 is 15.9 Å². The first kappa shape index (κ1) is 18.2. The number of benzene rings is 3. The lowest BCUT2D eigenvalue weighted by atomic mass is 9.96. The molecule has 0 saturated heterocycles. The molecule has 2 unspecified atom stereocenters. The highest BCUT2D eigenvalue weighted by molar-refractivity contribution is 9.10. The molecular weight excluding hydrogens is 435 g/mol. The topological polar surface area (TPSA) is 34.1 Å². The number of hydrazone groups is 1. The Morgan fingerprint density at radius 3 is 2.66 bits per heavy atom. The predicted molar refractivity (Wildman–Crippen MR) is 113 cm³/mol. The van der Waals surface area contributed by atoms with Crippen molar-refractivity contribution in [2.75, 3.05) is 7.11 Å². The van der Waals surface area contributed by atoms with Crippen molar-refractivity contribution in [1.29, 1.82) is 0 Å². The zero-order valence-corrected chi connectivity index (χ0v) is 17.3. The second-order valence-corrected chi connectivity index (χ2v) is 7.96. The van der Waals surface area contributed by atoms with Crippen molar-refractivity contribution in [3.63, 3.8) is 0 Å². The molecule has 0 aliphatic carbocycles. The van der Waals surface area contributed by atoms with Crippen molar-refractivity contribution in [2.24, 2.45) is 5.10 Å². The summed E-state index contributed by atoms with van der Waals surface area (Å²) in [5, 5.41) is 6.89. The molecular formula is C23H18BrFN2O2. The van der Waals surface area contributed by atoms with Gasteiger partial charge in [-0.2, -0.15) is 5.10 Å². The van der Waals surface area contributed by atoms with Gasteiger partial charge in [-0.15, -0.1) is 0 Å². The third kappa shape index (κ3) is 3.17. The van der Waals surface area contributed by atoms with Crippen LogP contribution in [0.2, 0.25) is 0 Å². The lowest BCUT2D eigenvalue weighted by molar-refractivity contribution is -0.0203. The number of hydrogen-bond acceptors (Lipinski definition) is 4. The molecule has 6 heteroatoms. The molecule has 0 saturated carbocycles. The molecule has 3 aromatic carbocycles. The Bertz CT molecular complexity index is 1100. The maximum atomic E-state index is 13.4. The van der Waals surface area contributed by atoms with Crippen molar-refractivity contribution in [1.82, 2.24) is 5.01 Å². The van der Waals surface area contributed by atoms with Crippen LogP contribution in [-0.2, 0) is 0 Å². The fourth-order valence-corrected chi connectivity index (χ4v) is 4.33. The maximum Gasteiger partial charge on any atom is 0.217 e. The smallest absolute Gasteiger partial charge is 0.217 e. The summed E-state index contributed by atoms with van der Waals surface area (Å²) in [7, 11) is 1.65. The van der Waals surface area contributed by atoms with Crippen molar-refractivity contribution < 1.29 is 13.9 Å². The van der Waals surface area contributed by atoms with Crippen LogP contribution < -0.4 is 9.47 Å². The summed E-state index contributed by atoms with van der Waals surface area (Å²) in [5.41, 5.74) is 3.82. The first-order valence-electron chi connectivity index (χ1n) is 9.35. The number of hydrogen-bond donors (Lipinski definition) is 0. The van der Waals surface area contributed by atoms with Crippen LogP contribution in [-0.4, -0.2) is 17.8 Å². The summed E-state index contributed by atoms with van der Waals surface area (Å²) in [6.45, 7) is 0. The van der Waals surface area contributed by atoms with E-state index in [1.54, 1.807) is 19.2 Å². The highest BCUT2D eigenvalue weighted by atomic mass is 79.9. The van der Waals surface area contributed by atoms with E-state index in [0.717, 1.165) is 44.8 Å². The second kappa shape index (κ2) is 7.19. The van der Waals surface area contributed by atoms with Gasteiger partial charge in [0, 0.05) is 16.5 Å². The summed E-state index contributed by atoms with van der Waals surface area (Å²) in [6, 6.07) is 20.4. The van der Waals surface area contributed by atoms with Gasteiger partial charge < -0.3 is 9.47 Å². The molecule has 0 N–H and O–H groups in total. The Kier molecular flexibility index (Phi) is 4.51. The molecule has 2 atom stereocenters. The first-order chi connectivity index (χ1) is 14.1. The van der Waals surface area contributed by atoms with Crippen LogP contribution in [0.1, 0.15) is 35.4 Å². The number of fused-ring (bicyclic) bond motifs is 3. The van der Waals surface area contributed by atoms with Gasteiger partial charge in [0.25, 0.3) is 0 Å². The summed E-state index contributed by atoms with van der Waals surface area (Å²) in [6.07, 6.45) is 0.291. The van der Waals surface area contributed by atoms with Crippen LogP contribution in [0.15, 0.2) is 76.3 Å². The SMILES string of the molecule is COc1ccc(Br)cc1C1Oc2ccccc2C2CC(c3ccc(F)cc3)=NN21. The third-order valence-corrected chi connectivity index (χ3v) is 5.83. The zero-order valence-electron chi connectivity index (χ0n) is 15.7. The molecule has 0 amide bonds. The minimum atomic E-state index is -0.430. The lowest BCUT2D eigenvalue weighted by Gasteiger charge is -2.38. The number of nitrogens with zero attached hydrogens (tertiary/aromatic N) is 2. The molecule has 0 spiro atoms. The summed E-state index contributed by atoms with van der Waals surface area (Å²) in [4.78, 5) is 0. The van der Waals surface area contributed by atoms with Gasteiger partial charge in [0.15, 0.2) is 0 Å².